The van der Waals surface area contributed by atoms with E-state index in [1.54, 1.807) is 69.0 Å². The molecule has 2 fully saturated rings. The molecule has 0 aliphatic carbocycles. The molecule has 2 aromatic rings. The van der Waals surface area contributed by atoms with Crippen LogP contribution in [0.4, 0.5) is 0 Å². The highest BCUT2D eigenvalue weighted by atomic mass is 32.2. The fourth-order valence-electron chi connectivity index (χ4n) is 11.0. The number of rotatable bonds is 31. The maximum atomic E-state index is 14.5. The molecule has 0 aromatic heterocycles. The minimum absolute atomic E-state index is 0.0138. The van der Waals surface area contributed by atoms with Crippen molar-refractivity contribution in [2.75, 3.05) is 54.7 Å². The highest BCUT2D eigenvalue weighted by Crippen LogP contribution is 2.31. The number of hydrazone groups is 1. The Bertz CT molecular complexity index is 2410. The maximum absolute atomic E-state index is 14.5. The predicted octanol–water partition coefficient (Wildman–Crippen LogP) is 6.63. The van der Waals surface area contributed by atoms with E-state index in [1.165, 1.54) is 23.8 Å². The lowest BCUT2D eigenvalue weighted by molar-refractivity contribution is -0.148. The molecule has 2 aliphatic heterocycles. The number of amides is 7. The summed E-state index contributed by atoms with van der Waals surface area (Å²) in [5.41, 5.74) is 4.70. The van der Waals surface area contributed by atoms with E-state index in [9.17, 15) is 38.4 Å². The third kappa shape index (κ3) is 17.9. The van der Waals surface area contributed by atoms with Crippen LogP contribution in [0.3, 0.4) is 0 Å². The van der Waals surface area contributed by atoms with Crippen molar-refractivity contribution >= 4 is 64.8 Å². The Morgan fingerprint density at radius 1 is 0.825 bits per heavy atom. The van der Waals surface area contributed by atoms with Gasteiger partial charge in [0, 0.05) is 47.2 Å². The first kappa shape index (κ1) is 66.8. The monoisotopic (exact) mass is 1130 g/mol. The molecular formula is C60H92N8O11S. The van der Waals surface area contributed by atoms with Crippen LogP contribution in [-0.2, 0) is 47.8 Å². The number of ether oxygens (including phenoxy) is 3. The SMILES string of the molecule is CC[C@H](C)[C@@H]([C@@H](CC(=O)N1CCC[C@H]1[C@H](OC)[C@@H](C)C(=O)N[C@H](C)[C@@H](OC(=O)c1ccc(/C(C)=N/NC(=O)CCCCCN2C(=O)CC(SC)C2=O)cc1)c1ccccc1)OC)N(C)C(=O)[C@@H](NC(=O)[C@H](C(C)C)N(C)C)C(C)C. The van der Waals surface area contributed by atoms with Gasteiger partial charge in [0.2, 0.25) is 41.4 Å². The van der Waals surface area contributed by atoms with Crippen LogP contribution < -0.4 is 16.1 Å². The number of likely N-dealkylation sites (tertiary alicyclic amines) is 2. The second-order valence-electron chi connectivity index (χ2n) is 22.4. The zero-order valence-electron chi connectivity index (χ0n) is 50.1. The topological polar surface area (TPSA) is 226 Å². The molecule has 2 saturated heterocycles. The van der Waals surface area contributed by atoms with Crippen molar-refractivity contribution in [1.82, 2.24) is 35.7 Å². The average molecular weight is 1130 g/mol. The van der Waals surface area contributed by atoms with Gasteiger partial charge < -0.3 is 34.6 Å². The van der Waals surface area contributed by atoms with Gasteiger partial charge in [0.25, 0.3) is 0 Å². The van der Waals surface area contributed by atoms with E-state index < -0.39 is 60.4 Å². The summed E-state index contributed by atoms with van der Waals surface area (Å²) in [6.07, 6.45) is 3.84. The van der Waals surface area contributed by atoms with E-state index in [1.807, 2.05) is 97.1 Å². The molecule has 11 atom stereocenters. The van der Waals surface area contributed by atoms with E-state index in [2.05, 4.69) is 21.2 Å². The lowest BCUT2D eigenvalue weighted by Gasteiger charge is -2.41. The number of hydrogen-bond donors (Lipinski definition) is 3. The number of carbonyl (C=O) groups excluding carboxylic acids is 8. The molecule has 0 bridgehead atoms. The first-order valence-corrected chi connectivity index (χ1v) is 29.7. The van der Waals surface area contributed by atoms with Crippen LogP contribution in [0.1, 0.15) is 148 Å². The van der Waals surface area contributed by atoms with Gasteiger partial charge in [-0.25, -0.2) is 10.2 Å². The highest BCUT2D eigenvalue weighted by molar-refractivity contribution is 8.00. The number of nitrogens with zero attached hydrogens (tertiary/aromatic N) is 5. The van der Waals surface area contributed by atoms with E-state index in [0.29, 0.717) is 68.5 Å². The van der Waals surface area contributed by atoms with Crippen molar-refractivity contribution < 1.29 is 52.6 Å². The number of imide groups is 1. The van der Waals surface area contributed by atoms with Crippen molar-refractivity contribution in [3.63, 3.8) is 0 Å². The molecular weight excluding hydrogens is 1040 g/mol. The van der Waals surface area contributed by atoms with Gasteiger partial charge in [-0.05, 0) is 101 Å². The number of thioether (sulfide) groups is 1. The van der Waals surface area contributed by atoms with Crippen LogP contribution in [0, 0.1) is 23.7 Å². The lowest BCUT2D eigenvalue weighted by atomic mass is 9.89. The van der Waals surface area contributed by atoms with Crippen molar-refractivity contribution in [3.8, 4) is 0 Å². The summed E-state index contributed by atoms with van der Waals surface area (Å²) in [6, 6.07) is 12.9. The van der Waals surface area contributed by atoms with Gasteiger partial charge in [-0.2, -0.15) is 16.9 Å². The molecule has 20 heteroatoms. The number of benzene rings is 2. The smallest absolute Gasteiger partial charge is 0.338 e. The number of unbranched alkanes of at least 4 members (excludes halogenated alkanes) is 2. The number of nitrogens with one attached hydrogen (secondary N) is 3. The molecule has 0 spiro atoms. The Morgan fingerprint density at radius 3 is 2.04 bits per heavy atom. The van der Waals surface area contributed by atoms with E-state index in [-0.39, 0.29) is 89.2 Å². The van der Waals surface area contributed by atoms with Crippen molar-refractivity contribution in [3.05, 3.63) is 71.3 Å². The minimum Gasteiger partial charge on any atom is -0.452 e. The molecule has 19 nitrogen and oxygen atoms in total. The second kappa shape index (κ2) is 32.1. The second-order valence-corrected chi connectivity index (χ2v) is 23.5. The first-order valence-electron chi connectivity index (χ1n) is 28.4. The number of hydrogen-bond acceptors (Lipinski definition) is 14. The largest absolute Gasteiger partial charge is 0.452 e. The zero-order chi connectivity index (χ0) is 59.5. The molecule has 3 N–H and O–H groups in total. The summed E-state index contributed by atoms with van der Waals surface area (Å²) in [5.74, 6) is -3.22. The Labute approximate surface area is 479 Å². The standard InChI is InChI=1S/C60H92N8O11S/c1-16-38(6)53(66(12)59(75)51(36(2)3)62-57(73)52(37(4)5)65(10)11)46(77-13)34-49(70)67-33-23-26-45(67)54(78-14)39(7)56(72)61-41(9)55(43-24-19-17-20-25-43)79-60(76)44-30-28-42(29-31-44)40(8)63-64-48(69)27-21-18-22-32-68-50(71)35-47(80-15)58(68)74/h17,19-20,24-25,28-31,36-39,41,45-47,51-55H,16,18,21-23,26-27,32-35H2,1-15H3,(H,61,72)(H,62,73)(H,64,69)/b63-40+/t38-,39+,41+,45-,46+,47?,51-,52-,53-,54+,55+/m0/s1. The van der Waals surface area contributed by atoms with Crippen LogP contribution in [0.15, 0.2) is 59.7 Å². The Morgan fingerprint density at radius 2 is 1.48 bits per heavy atom. The molecule has 0 radical (unpaired) electrons. The van der Waals surface area contributed by atoms with Crippen LogP contribution >= 0.6 is 11.8 Å². The molecule has 4 rings (SSSR count). The summed E-state index contributed by atoms with van der Waals surface area (Å²) >= 11 is 1.38. The van der Waals surface area contributed by atoms with Crippen LogP contribution in [0.2, 0.25) is 0 Å². The van der Waals surface area contributed by atoms with Crippen molar-refractivity contribution in [2.45, 2.75) is 174 Å². The normalized spacial score (nSPS) is 19.2. The molecule has 444 valence electrons. The third-order valence-electron chi connectivity index (χ3n) is 15.8. The minimum atomic E-state index is -0.891. The molecule has 2 aromatic carbocycles. The first-order chi connectivity index (χ1) is 37.9. The highest BCUT2D eigenvalue weighted by Gasteiger charge is 2.44. The zero-order valence-corrected chi connectivity index (χ0v) is 50.9. The summed E-state index contributed by atoms with van der Waals surface area (Å²) in [6.45, 7) is 17.9. The van der Waals surface area contributed by atoms with Gasteiger partial charge in [0.1, 0.15) is 12.1 Å². The summed E-state index contributed by atoms with van der Waals surface area (Å²) < 4.78 is 18.3. The predicted molar refractivity (Wildman–Crippen MR) is 311 cm³/mol. The fraction of sp³-hybridized carbons (Fsp3) is 0.650. The van der Waals surface area contributed by atoms with E-state index >= 15 is 0 Å². The van der Waals surface area contributed by atoms with E-state index in [0.717, 1.165) is 0 Å². The van der Waals surface area contributed by atoms with Crippen molar-refractivity contribution in [2.24, 2.45) is 28.8 Å². The van der Waals surface area contributed by atoms with Gasteiger partial charge in [0.05, 0.1) is 65.2 Å². The van der Waals surface area contributed by atoms with Gasteiger partial charge >= 0.3 is 5.97 Å². The van der Waals surface area contributed by atoms with Crippen LogP contribution in [0.25, 0.3) is 0 Å². The van der Waals surface area contributed by atoms with Crippen molar-refractivity contribution in [1.29, 1.82) is 0 Å². The van der Waals surface area contributed by atoms with Gasteiger partial charge in [-0.1, -0.05) is 104 Å². The number of esters is 1. The van der Waals surface area contributed by atoms with Gasteiger partial charge in [-0.3, -0.25) is 43.4 Å². The number of carbonyl (C=O) groups is 8. The molecule has 0 saturated carbocycles. The molecule has 1 unspecified atom stereocenters. The Kier molecular flexibility index (Phi) is 26.8. The Balaban J connectivity index is 1.39. The van der Waals surface area contributed by atoms with Gasteiger partial charge in [0.15, 0.2) is 0 Å². The quantitative estimate of drug-likeness (QED) is 0.0237. The van der Waals surface area contributed by atoms with E-state index in [4.69, 9.17) is 14.2 Å². The summed E-state index contributed by atoms with van der Waals surface area (Å²) in [4.78, 5) is 114. The molecule has 80 heavy (non-hydrogen) atoms. The van der Waals surface area contributed by atoms with Gasteiger partial charge in [-0.15, -0.1) is 0 Å². The summed E-state index contributed by atoms with van der Waals surface area (Å²) in [5, 5.41) is 10.1. The fourth-order valence-corrected chi connectivity index (χ4v) is 11.7. The summed E-state index contributed by atoms with van der Waals surface area (Å²) in [7, 11) is 8.49. The molecule has 2 aliphatic rings. The number of likely N-dealkylation sites (N-methyl/N-ethyl adjacent to an activating group) is 2. The molecule has 7 amide bonds. The average Bonchev–Trinajstić information content (AvgIpc) is 4.03. The maximum Gasteiger partial charge on any atom is 0.338 e. The van der Waals surface area contributed by atoms with Crippen LogP contribution in [0.5, 0.6) is 0 Å². The van der Waals surface area contributed by atoms with Crippen LogP contribution in [-0.4, -0.2) is 175 Å². The lowest BCUT2D eigenvalue weighted by Crippen LogP contribution is -2.59. The molecule has 2 heterocycles. The number of methoxy groups -OCH3 is 2. The third-order valence-corrected chi connectivity index (χ3v) is 16.7. The Hall–Kier alpha value is -5.70.